The Bertz CT molecular complexity index is 319. The number of hydrogen-bond acceptors (Lipinski definition) is 3. The van der Waals surface area contributed by atoms with Crippen LogP contribution in [-0.2, 0) is 9.59 Å². The zero-order chi connectivity index (χ0) is 12.4. The van der Waals surface area contributed by atoms with Crippen molar-refractivity contribution in [3.8, 4) is 0 Å². The second kappa shape index (κ2) is 5.04. The molecule has 2 rings (SSSR count). The lowest BCUT2D eigenvalue weighted by Gasteiger charge is -2.36. The molecule has 0 aromatic carbocycles. The van der Waals surface area contributed by atoms with E-state index in [1.807, 2.05) is 0 Å². The summed E-state index contributed by atoms with van der Waals surface area (Å²) in [5.74, 6) is 0.780. The van der Waals surface area contributed by atoms with Crippen LogP contribution in [-0.4, -0.2) is 61.4 Å². The van der Waals surface area contributed by atoms with E-state index in [4.69, 9.17) is 0 Å². The third-order valence-corrected chi connectivity index (χ3v) is 3.69. The first kappa shape index (κ1) is 12.4. The van der Waals surface area contributed by atoms with Crippen LogP contribution in [0.1, 0.15) is 13.3 Å². The Morgan fingerprint density at radius 1 is 1.35 bits per heavy atom. The molecule has 17 heavy (non-hydrogen) atoms. The summed E-state index contributed by atoms with van der Waals surface area (Å²) in [6.07, 6.45) is 0.937. The van der Waals surface area contributed by atoms with Crippen LogP contribution >= 0.6 is 0 Å². The number of nitrogens with zero attached hydrogens (tertiary/aromatic N) is 2. The number of amides is 2. The van der Waals surface area contributed by atoms with Crippen LogP contribution in [0.25, 0.3) is 0 Å². The lowest BCUT2D eigenvalue weighted by atomic mass is 9.90. The van der Waals surface area contributed by atoms with Crippen LogP contribution < -0.4 is 5.32 Å². The Kier molecular flexibility index (Phi) is 3.66. The predicted molar refractivity (Wildman–Crippen MR) is 64.4 cm³/mol. The number of hydrogen-bond donors (Lipinski definition) is 1. The topological polar surface area (TPSA) is 52.7 Å². The molecule has 0 aliphatic carbocycles. The first-order valence-corrected chi connectivity index (χ1v) is 6.31. The highest BCUT2D eigenvalue weighted by atomic mass is 16.2. The predicted octanol–water partition coefficient (Wildman–Crippen LogP) is -0.467. The van der Waals surface area contributed by atoms with E-state index in [1.54, 1.807) is 16.8 Å². The Balaban J connectivity index is 1.93. The Hall–Kier alpha value is -1.10. The number of nitrogens with one attached hydrogen (secondary N) is 1. The number of piperidine rings is 1. The molecule has 2 aliphatic rings. The quantitative estimate of drug-likeness (QED) is 0.673. The van der Waals surface area contributed by atoms with Crippen LogP contribution in [0, 0.1) is 11.8 Å². The maximum absolute atomic E-state index is 12.3. The minimum atomic E-state index is 0.0430. The van der Waals surface area contributed by atoms with Gasteiger partial charge in [0.25, 0.3) is 0 Å². The van der Waals surface area contributed by atoms with E-state index in [1.165, 1.54) is 0 Å². The fourth-order valence-corrected chi connectivity index (χ4v) is 2.55. The van der Waals surface area contributed by atoms with Crippen molar-refractivity contribution in [1.29, 1.82) is 0 Å². The summed E-state index contributed by atoms with van der Waals surface area (Å²) in [5.41, 5.74) is 0. The number of piperazine rings is 1. The largest absolute Gasteiger partial charge is 0.342 e. The lowest BCUT2D eigenvalue weighted by Crippen LogP contribution is -2.54. The number of carbonyl (C=O) groups is 2. The molecule has 2 saturated heterocycles. The highest BCUT2D eigenvalue weighted by Gasteiger charge is 2.32. The average molecular weight is 239 g/mol. The molecular formula is C12H21N3O2. The van der Waals surface area contributed by atoms with E-state index in [0.29, 0.717) is 19.0 Å². The van der Waals surface area contributed by atoms with Crippen molar-refractivity contribution >= 4 is 11.8 Å². The van der Waals surface area contributed by atoms with E-state index < -0.39 is 0 Å². The lowest BCUT2D eigenvalue weighted by molar-refractivity contribution is -0.147. The van der Waals surface area contributed by atoms with Crippen LogP contribution in [0.2, 0.25) is 0 Å². The first-order valence-electron chi connectivity index (χ1n) is 6.31. The van der Waals surface area contributed by atoms with Crippen LogP contribution in [0.3, 0.4) is 0 Å². The van der Waals surface area contributed by atoms with Gasteiger partial charge in [-0.05, 0) is 18.9 Å². The summed E-state index contributed by atoms with van der Waals surface area (Å²) in [4.78, 5) is 27.2. The smallest absolute Gasteiger partial charge is 0.241 e. The van der Waals surface area contributed by atoms with Gasteiger partial charge in [0.1, 0.15) is 0 Å². The van der Waals surface area contributed by atoms with Gasteiger partial charge in [0.15, 0.2) is 0 Å². The third-order valence-electron chi connectivity index (χ3n) is 3.69. The first-order chi connectivity index (χ1) is 8.08. The summed E-state index contributed by atoms with van der Waals surface area (Å²) in [6.45, 7) is 5.48. The zero-order valence-corrected chi connectivity index (χ0v) is 10.6. The molecule has 2 amide bonds. The number of likely N-dealkylation sites (N-methyl/N-ethyl adjacent to an activating group) is 1. The van der Waals surface area contributed by atoms with E-state index >= 15 is 0 Å². The molecule has 0 bridgehead atoms. The summed E-state index contributed by atoms with van der Waals surface area (Å²) in [6, 6.07) is 0. The van der Waals surface area contributed by atoms with Gasteiger partial charge in [-0.1, -0.05) is 6.92 Å². The maximum Gasteiger partial charge on any atom is 0.241 e. The minimum absolute atomic E-state index is 0.0430. The van der Waals surface area contributed by atoms with Gasteiger partial charge in [0, 0.05) is 26.7 Å². The van der Waals surface area contributed by atoms with E-state index in [9.17, 15) is 9.59 Å². The molecule has 1 N–H and O–H groups in total. The van der Waals surface area contributed by atoms with Crippen molar-refractivity contribution in [2.75, 3.05) is 39.8 Å². The van der Waals surface area contributed by atoms with E-state index in [2.05, 4.69) is 12.2 Å². The van der Waals surface area contributed by atoms with Crippen LogP contribution in [0.15, 0.2) is 0 Å². The molecule has 96 valence electrons. The Morgan fingerprint density at radius 3 is 2.76 bits per heavy atom. The molecular weight excluding hydrogens is 218 g/mol. The van der Waals surface area contributed by atoms with E-state index in [-0.39, 0.29) is 24.3 Å². The van der Waals surface area contributed by atoms with E-state index in [0.717, 1.165) is 19.5 Å². The molecule has 0 spiro atoms. The van der Waals surface area contributed by atoms with Gasteiger partial charge in [-0.15, -0.1) is 0 Å². The van der Waals surface area contributed by atoms with Crippen LogP contribution in [0.5, 0.6) is 0 Å². The molecule has 5 heteroatoms. The van der Waals surface area contributed by atoms with Gasteiger partial charge in [0.05, 0.1) is 12.5 Å². The molecule has 2 atom stereocenters. The molecule has 0 aromatic heterocycles. The summed E-state index contributed by atoms with van der Waals surface area (Å²) < 4.78 is 0. The molecule has 0 saturated carbocycles. The maximum atomic E-state index is 12.3. The van der Waals surface area contributed by atoms with Crippen molar-refractivity contribution in [1.82, 2.24) is 15.1 Å². The van der Waals surface area contributed by atoms with Gasteiger partial charge in [-0.25, -0.2) is 0 Å². The second-order valence-electron chi connectivity index (χ2n) is 5.27. The van der Waals surface area contributed by atoms with Gasteiger partial charge < -0.3 is 15.1 Å². The molecule has 0 radical (unpaired) electrons. The summed E-state index contributed by atoms with van der Waals surface area (Å²) >= 11 is 0. The SMILES string of the molecule is CC1CNCC(C(=O)N2CCN(C)C(=O)C2)C1. The highest BCUT2D eigenvalue weighted by molar-refractivity contribution is 5.87. The van der Waals surface area contributed by atoms with Gasteiger partial charge >= 0.3 is 0 Å². The molecule has 2 fully saturated rings. The van der Waals surface area contributed by atoms with Crippen molar-refractivity contribution in [2.24, 2.45) is 11.8 Å². The summed E-state index contributed by atoms with van der Waals surface area (Å²) in [7, 11) is 1.79. The van der Waals surface area contributed by atoms with Gasteiger partial charge in [-0.2, -0.15) is 0 Å². The zero-order valence-electron chi connectivity index (χ0n) is 10.6. The fraction of sp³-hybridized carbons (Fsp3) is 0.833. The molecule has 0 aromatic rings. The van der Waals surface area contributed by atoms with Crippen LogP contribution in [0.4, 0.5) is 0 Å². The third kappa shape index (κ3) is 2.77. The number of rotatable bonds is 1. The van der Waals surface area contributed by atoms with Gasteiger partial charge in [-0.3, -0.25) is 9.59 Å². The normalized spacial score (nSPS) is 30.6. The van der Waals surface area contributed by atoms with Gasteiger partial charge in [0.2, 0.25) is 11.8 Å². The number of carbonyl (C=O) groups excluding carboxylic acids is 2. The molecule has 2 aliphatic heterocycles. The summed E-state index contributed by atoms with van der Waals surface area (Å²) in [5, 5.41) is 3.28. The van der Waals surface area contributed by atoms with Crippen molar-refractivity contribution in [3.05, 3.63) is 0 Å². The second-order valence-corrected chi connectivity index (χ2v) is 5.27. The average Bonchev–Trinajstić information content (AvgIpc) is 2.32. The molecule has 2 heterocycles. The fourth-order valence-electron chi connectivity index (χ4n) is 2.55. The van der Waals surface area contributed by atoms with Crippen molar-refractivity contribution < 1.29 is 9.59 Å². The standard InChI is InChI=1S/C12H21N3O2/c1-9-5-10(7-13-6-9)12(17)15-4-3-14(2)11(16)8-15/h9-10,13H,3-8H2,1-2H3. The minimum Gasteiger partial charge on any atom is -0.342 e. The van der Waals surface area contributed by atoms with Crippen molar-refractivity contribution in [3.63, 3.8) is 0 Å². The van der Waals surface area contributed by atoms with Crippen molar-refractivity contribution in [2.45, 2.75) is 13.3 Å². The Morgan fingerprint density at radius 2 is 2.12 bits per heavy atom. The molecule has 5 nitrogen and oxygen atoms in total. The Labute approximate surface area is 102 Å². The highest BCUT2D eigenvalue weighted by Crippen LogP contribution is 2.19. The monoisotopic (exact) mass is 239 g/mol. The molecule has 2 unspecified atom stereocenters.